The van der Waals surface area contributed by atoms with Crippen molar-refractivity contribution in [2.45, 2.75) is 50.9 Å². The van der Waals surface area contributed by atoms with Crippen molar-refractivity contribution in [1.82, 2.24) is 5.01 Å². The van der Waals surface area contributed by atoms with E-state index in [1.165, 1.54) is 27.6 Å². The summed E-state index contributed by atoms with van der Waals surface area (Å²) >= 11 is 0. The van der Waals surface area contributed by atoms with Gasteiger partial charge in [-0.2, -0.15) is 5.10 Å². The molecular weight excluding hydrogens is 382 g/mol. The lowest BCUT2D eigenvalue weighted by Crippen LogP contribution is -3.16. The van der Waals surface area contributed by atoms with Crippen LogP contribution < -0.4 is 9.64 Å². The van der Waals surface area contributed by atoms with Gasteiger partial charge in [0.25, 0.3) is 0 Å². The lowest BCUT2D eigenvalue weighted by molar-refractivity contribution is -0.929. The summed E-state index contributed by atoms with van der Waals surface area (Å²) in [4.78, 5) is 1.67. The van der Waals surface area contributed by atoms with E-state index in [0.29, 0.717) is 6.04 Å². The molecule has 3 heterocycles. The number of hydrazone groups is 1. The number of para-hydroxylation sites is 1. The van der Waals surface area contributed by atoms with Crippen LogP contribution in [-0.4, -0.2) is 35.6 Å². The van der Waals surface area contributed by atoms with E-state index >= 15 is 0 Å². The van der Waals surface area contributed by atoms with E-state index in [1.807, 2.05) is 0 Å². The van der Waals surface area contributed by atoms with Crippen molar-refractivity contribution < 1.29 is 9.64 Å². The highest BCUT2D eigenvalue weighted by Gasteiger charge is 2.53. The number of hydrogen-bond donors (Lipinski definition) is 1. The third-order valence-electron chi connectivity index (χ3n) is 7.50. The van der Waals surface area contributed by atoms with Gasteiger partial charge in [0.05, 0.1) is 43.7 Å². The largest absolute Gasteiger partial charge is 0.466 e. The summed E-state index contributed by atoms with van der Waals surface area (Å²) in [5, 5.41) is 10.2. The average molecular weight is 413 g/mol. The number of hydrogen-bond acceptors (Lipinski definition) is 3. The topological polar surface area (TPSA) is 29.3 Å². The van der Waals surface area contributed by atoms with E-state index < -0.39 is 0 Å². The number of piperidine rings is 1. The average Bonchev–Trinajstić information content (AvgIpc) is 3.26. The third-order valence-corrected chi connectivity index (χ3v) is 7.50. The summed E-state index contributed by atoms with van der Waals surface area (Å²) in [5.41, 5.74) is 3.38. The van der Waals surface area contributed by atoms with Gasteiger partial charge in [0.15, 0.2) is 0 Å². The quantitative estimate of drug-likeness (QED) is 0.685. The second kappa shape index (κ2) is 7.10. The van der Waals surface area contributed by atoms with Crippen molar-refractivity contribution in [2.75, 3.05) is 13.1 Å². The van der Waals surface area contributed by atoms with Gasteiger partial charge in [-0.15, -0.1) is 0 Å². The van der Waals surface area contributed by atoms with Gasteiger partial charge >= 0.3 is 0 Å². The van der Waals surface area contributed by atoms with Crippen molar-refractivity contribution in [2.24, 2.45) is 5.10 Å². The van der Waals surface area contributed by atoms with E-state index in [4.69, 9.17) is 9.84 Å². The van der Waals surface area contributed by atoms with E-state index in [2.05, 4.69) is 85.6 Å². The first-order valence-electron chi connectivity index (χ1n) is 11.6. The second-order valence-electron chi connectivity index (χ2n) is 9.54. The van der Waals surface area contributed by atoms with Crippen LogP contribution in [0.4, 0.5) is 0 Å². The van der Waals surface area contributed by atoms with E-state index in [0.717, 1.165) is 38.1 Å². The minimum atomic E-state index is -0.330. The van der Waals surface area contributed by atoms with E-state index in [9.17, 15) is 0 Å². The first-order valence-corrected chi connectivity index (χ1v) is 11.6. The van der Waals surface area contributed by atoms with Gasteiger partial charge < -0.3 is 9.64 Å². The van der Waals surface area contributed by atoms with Crippen molar-refractivity contribution in [3.8, 4) is 5.75 Å². The number of ether oxygens (including phenoxy) is 1. The molecule has 1 saturated heterocycles. The molecule has 0 saturated carbocycles. The van der Waals surface area contributed by atoms with Crippen LogP contribution in [0.25, 0.3) is 10.8 Å². The monoisotopic (exact) mass is 412 g/mol. The molecule has 3 aromatic carbocycles. The molecule has 3 aliphatic heterocycles. The van der Waals surface area contributed by atoms with Crippen LogP contribution in [0.5, 0.6) is 5.75 Å². The van der Waals surface area contributed by atoms with Crippen LogP contribution in [0.1, 0.15) is 50.3 Å². The summed E-state index contributed by atoms with van der Waals surface area (Å²) in [5.74, 6) is 1.05. The number of rotatable bonds is 2. The van der Waals surface area contributed by atoms with Crippen molar-refractivity contribution in [3.05, 3.63) is 77.9 Å². The zero-order valence-electron chi connectivity index (χ0n) is 18.3. The van der Waals surface area contributed by atoms with Gasteiger partial charge in [0, 0.05) is 17.5 Å². The SMILES string of the molecule is CC(C)[NH+]1CCC2(CC1)Oc1ccccc1[C@@H]1CC(c3cccc4ccccc34)=NN12. The number of likely N-dealkylation sites (tertiary alicyclic amines) is 1. The molecule has 6 rings (SSSR count). The molecule has 31 heavy (non-hydrogen) atoms. The molecule has 1 fully saturated rings. The molecule has 158 valence electrons. The highest BCUT2D eigenvalue weighted by Crippen LogP contribution is 2.49. The molecule has 4 nitrogen and oxygen atoms in total. The zero-order valence-corrected chi connectivity index (χ0v) is 18.3. The molecule has 1 atom stereocenters. The Bertz CT molecular complexity index is 1150. The van der Waals surface area contributed by atoms with Crippen molar-refractivity contribution in [1.29, 1.82) is 0 Å². The molecule has 0 aromatic heterocycles. The lowest BCUT2D eigenvalue weighted by atomic mass is 9.90. The summed E-state index contributed by atoms with van der Waals surface area (Å²) in [6, 6.07) is 24.7. The molecule has 3 aromatic rings. The van der Waals surface area contributed by atoms with Gasteiger partial charge in [0.1, 0.15) is 5.75 Å². The summed E-state index contributed by atoms with van der Waals surface area (Å²) < 4.78 is 6.78. The number of fused-ring (bicyclic) bond motifs is 5. The van der Waals surface area contributed by atoms with E-state index in [1.54, 1.807) is 4.90 Å². The molecule has 1 spiro atoms. The van der Waals surface area contributed by atoms with Gasteiger partial charge in [-0.3, -0.25) is 0 Å². The van der Waals surface area contributed by atoms with Gasteiger partial charge in [0.2, 0.25) is 5.72 Å². The Balaban J connectivity index is 1.44. The smallest absolute Gasteiger partial charge is 0.208 e. The molecule has 0 aliphatic carbocycles. The Morgan fingerprint density at radius 1 is 0.968 bits per heavy atom. The standard InChI is InChI=1S/C27H29N3O/c1-19(2)29-16-14-27(15-17-29)30-25(23-11-5-6-13-26(23)31-27)18-24(28-30)22-12-7-9-20-8-3-4-10-21(20)22/h3-13,19,25H,14-18H2,1-2H3/p+1/t25-/m0/s1. The molecule has 0 unspecified atom stereocenters. The molecule has 1 N–H and O–H groups in total. The van der Waals surface area contributed by atoms with Crippen LogP contribution in [0.2, 0.25) is 0 Å². The second-order valence-corrected chi connectivity index (χ2v) is 9.54. The minimum Gasteiger partial charge on any atom is -0.466 e. The third kappa shape index (κ3) is 2.96. The Morgan fingerprint density at radius 3 is 2.55 bits per heavy atom. The maximum absolute atomic E-state index is 6.78. The van der Waals surface area contributed by atoms with Crippen LogP contribution in [0.3, 0.4) is 0 Å². The van der Waals surface area contributed by atoms with Gasteiger partial charge in [-0.1, -0.05) is 60.7 Å². The lowest BCUT2D eigenvalue weighted by Gasteiger charge is -2.50. The summed E-state index contributed by atoms with van der Waals surface area (Å²) in [6.07, 6.45) is 2.95. The number of nitrogens with one attached hydrogen (secondary N) is 1. The molecule has 0 bridgehead atoms. The van der Waals surface area contributed by atoms with Crippen LogP contribution in [-0.2, 0) is 0 Å². The number of benzene rings is 3. The Morgan fingerprint density at radius 2 is 1.71 bits per heavy atom. The minimum absolute atomic E-state index is 0.250. The Labute approximate surface area is 184 Å². The Hall–Kier alpha value is -2.85. The molecule has 3 aliphatic rings. The molecule has 0 radical (unpaired) electrons. The number of quaternary nitrogens is 1. The van der Waals surface area contributed by atoms with Gasteiger partial charge in [-0.05, 0) is 30.7 Å². The predicted octanol–water partition coefficient (Wildman–Crippen LogP) is 4.17. The Kier molecular flexibility index (Phi) is 4.32. The molecule has 4 heteroatoms. The zero-order chi connectivity index (χ0) is 21.0. The summed E-state index contributed by atoms with van der Waals surface area (Å²) in [6.45, 7) is 6.89. The fourth-order valence-corrected chi connectivity index (χ4v) is 5.74. The van der Waals surface area contributed by atoms with Crippen molar-refractivity contribution >= 4 is 16.5 Å². The fraction of sp³-hybridized carbons (Fsp3) is 0.370. The highest BCUT2D eigenvalue weighted by molar-refractivity contribution is 6.11. The van der Waals surface area contributed by atoms with Crippen LogP contribution in [0.15, 0.2) is 71.8 Å². The fourth-order valence-electron chi connectivity index (χ4n) is 5.74. The van der Waals surface area contributed by atoms with Crippen LogP contribution in [0, 0.1) is 0 Å². The highest BCUT2D eigenvalue weighted by atomic mass is 16.5. The number of nitrogens with zero attached hydrogens (tertiary/aromatic N) is 2. The summed E-state index contributed by atoms with van der Waals surface area (Å²) in [7, 11) is 0. The molecular formula is C27H30N3O+. The predicted molar refractivity (Wildman–Crippen MR) is 125 cm³/mol. The van der Waals surface area contributed by atoms with Gasteiger partial charge in [-0.25, -0.2) is 5.01 Å². The van der Waals surface area contributed by atoms with Crippen molar-refractivity contribution in [3.63, 3.8) is 0 Å². The molecule has 0 amide bonds. The normalized spacial score (nSPS) is 27.2. The first-order chi connectivity index (χ1) is 15.1. The van der Waals surface area contributed by atoms with Crippen LogP contribution >= 0.6 is 0 Å². The maximum atomic E-state index is 6.78. The first kappa shape index (κ1) is 18.9. The van der Waals surface area contributed by atoms with E-state index in [-0.39, 0.29) is 11.8 Å². The maximum Gasteiger partial charge on any atom is 0.208 e.